The normalized spacial score (nSPS) is 14.4. The van der Waals surface area contributed by atoms with Crippen molar-refractivity contribution in [3.63, 3.8) is 0 Å². The molecule has 0 saturated heterocycles. The van der Waals surface area contributed by atoms with Crippen molar-refractivity contribution in [2.45, 2.75) is 45.2 Å². The van der Waals surface area contributed by atoms with Crippen LogP contribution in [0.4, 0.5) is 0 Å². The molecule has 6 nitrogen and oxygen atoms in total. The molecule has 0 fully saturated rings. The van der Waals surface area contributed by atoms with E-state index in [-0.39, 0.29) is 37.3 Å². The van der Waals surface area contributed by atoms with Gasteiger partial charge in [0.25, 0.3) is 0 Å². The van der Waals surface area contributed by atoms with Gasteiger partial charge in [0, 0.05) is 19.1 Å². The van der Waals surface area contributed by atoms with Crippen LogP contribution in [0.3, 0.4) is 0 Å². The third-order valence-electron chi connectivity index (χ3n) is 2.58. The van der Waals surface area contributed by atoms with Crippen LogP contribution in [0.1, 0.15) is 33.1 Å². The summed E-state index contributed by atoms with van der Waals surface area (Å²) in [5.41, 5.74) is 5.57. The Hall–Kier alpha value is -1.14. The lowest BCUT2D eigenvalue weighted by molar-refractivity contribution is -0.137. The maximum absolute atomic E-state index is 11.6. The van der Waals surface area contributed by atoms with Crippen LogP contribution >= 0.6 is 0 Å². The Kier molecular flexibility index (Phi) is 7.49. The molecular formula is C11H22N2O4. The molecular weight excluding hydrogens is 224 g/mol. The molecule has 0 aromatic carbocycles. The lowest BCUT2D eigenvalue weighted by atomic mass is 10.0. The summed E-state index contributed by atoms with van der Waals surface area (Å²) in [7, 11) is 0. The number of carboxylic acid groups (broad SMARTS) is 1. The summed E-state index contributed by atoms with van der Waals surface area (Å²) in [5.74, 6) is -1.14. The van der Waals surface area contributed by atoms with Crippen molar-refractivity contribution >= 4 is 11.9 Å². The summed E-state index contributed by atoms with van der Waals surface area (Å²) in [6.45, 7) is 3.86. The van der Waals surface area contributed by atoms with E-state index in [0.717, 1.165) is 0 Å². The average Bonchev–Trinajstić information content (AvgIpc) is 2.24. The fourth-order valence-electron chi connectivity index (χ4n) is 1.41. The number of carboxylic acids is 1. The van der Waals surface area contributed by atoms with Crippen LogP contribution < -0.4 is 11.1 Å². The lowest BCUT2D eigenvalue weighted by Gasteiger charge is -2.23. The van der Waals surface area contributed by atoms with Crippen molar-refractivity contribution in [2.75, 3.05) is 6.61 Å². The first-order chi connectivity index (χ1) is 7.88. The standard InChI is InChI=1S/C11H22N2O4/c1-7(2)9(5-6-14)13-11(17)8(12)3-4-10(15)16/h7-9,14H,3-6,12H2,1-2H3,(H,13,17)(H,15,16). The maximum Gasteiger partial charge on any atom is 0.303 e. The van der Waals surface area contributed by atoms with Crippen LogP contribution in [0, 0.1) is 5.92 Å². The van der Waals surface area contributed by atoms with Gasteiger partial charge in [-0.05, 0) is 18.8 Å². The molecule has 0 aliphatic heterocycles. The largest absolute Gasteiger partial charge is 0.481 e. The SMILES string of the molecule is CC(C)C(CCO)NC(=O)C(N)CCC(=O)O. The number of carbonyl (C=O) groups excluding carboxylic acids is 1. The van der Waals surface area contributed by atoms with E-state index in [0.29, 0.717) is 6.42 Å². The zero-order chi connectivity index (χ0) is 13.4. The first kappa shape index (κ1) is 15.9. The Morgan fingerprint density at radius 1 is 1.29 bits per heavy atom. The van der Waals surface area contributed by atoms with E-state index < -0.39 is 12.0 Å². The van der Waals surface area contributed by atoms with Gasteiger partial charge in [0.15, 0.2) is 0 Å². The number of nitrogens with two attached hydrogens (primary N) is 1. The van der Waals surface area contributed by atoms with E-state index in [1.807, 2.05) is 13.8 Å². The molecule has 0 aromatic heterocycles. The van der Waals surface area contributed by atoms with Crippen LogP contribution in [-0.4, -0.2) is 40.8 Å². The molecule has 17 heavy (non-hydrogen) atoms. The Morgan fingerprint density at radius 3 is 2.29 bits per heavy atom. The van der Waals surface area contributed by atoms with Gasteiger partial charge >= 0.3 is 5.97 Å². The second kappa shape index (κ2) is 8.03. The lowest BCUT2D eigenvalue weighted by Crippen LogP contribution is -2.47. The van der Waals surface area contributed by atoms with E-state index in [9.17, 15) is 9.59 Å². The summed E-state index contributed by atoms with van der Waals surface area (Å²) >= 11 is 0. The molecule has 6 heteroatoms. The number of amides is 1. The summed E-state index contributed by atoms with van der Waals surface area (Å²) in [4.78, 5) is 22.0. The van der Waals surface area contributed by atoms with Crippen LogP contribution in [0.2, 0.25) is 0 Å². The van der Waals surface area contributed by atoms with Gasteiger partial charge in [-0.1, -0.05) is 13.8 Å². The van der Waals surface area contributed by atoms with Crippen LogP contribution in [0.15, 0.2) is 0 Å². The molecule has 1 amide bonds. The molecule has 0 aliphatic rings. The van der Waals surface area contributed by atoms with Gasteiger partial charge in [0.05, 0.1) is 6.04 Å². The van der Waals surface area contributed by atoms with Crippen LogP contribution in [-0.2, 0) is 9.59 Å². The van der Waals surface area contributed by atoms with Crippen molar-refractivity contribution in [1.82, 2.24) is 5.32 Å². The predicted molar refractivity (Wildman–Crippen MR) is 63.3 cm³/mol. The number of rotatable bonds is 8. The second-order valence-electron chi connectivity index (χ2n) is 4.41. The topological polar surface area (TPSA) is 113 Å². The smallest absolute Gasteiger partial charge is 0.303 e. The highest BCUT2D eigenvalue weighted by atomic mass is 16.4. The summed E-state index contributed by atoms with van der Waals surface area (Å²) in [5, 5.41) is 20.1. The number of aliphatic carboxylic acids is 1. The third-order valence-corrected chi connectivity index (χ3v) is 2.58. The molecule has 5 N–H and O–H groups in total. The minimum Gasteiger partial charge on any atom is -0.481 e. The Labute approximate surface area is 101 Å². The molecule has 2 unspecified atom stereocenters. The second-order valence-corrected chi connectivity index (χ2v) is 4.41. The molecule has 0 saturated carbocycles. The third kappa shape index (κ3) is 6.91. The van der Waals surface area contributed by atoms with Gasteiger partial charge in [-0.15, -0.1) is 0 Å². The van der Waals surface area contributed by atoms with E-state index in [2.05, 4.69) is 5.32 Å². The Morgan fingerprint density at radius 2 is 1.88 bits per heavy atom. The highest BCUT2D eigenvalue weighted by molar-refractivity contribution is 5.82. The van der Waals surface area contributed by atoms with Gasteiger partial charge in [-0.3, -0.25) is 9.59 Å². The van der Waals surface area contributed by atoms with Gasteiger partial charge in [-0.25, -0.2) is 0 Å². The number of nitrogens with one attached hydrogen (secondary N) is 1. The van der Waals surface area contributed by atoms with E-state index in [1.54, 1.807) is 0 Å². The Balaban J connectivity index is 4.15. The molecule has 0 heterocycles. The molecule has 100 valence electrons. The summed E-state index contributed by atoms with van der Waals surface area (Å²) < 4.78 is 0. The highest BCUT2D eigenvalue weighted by Gasteiger charge is 2.20. The number of hydrogen-bond acceptors (Lipinski definition) is 4. The number of aliphatic hydroxyl groups excluding tert-OH is 1. The van der Waals surface area contributed by atoms with Crippen LogP contribution in [0.25, 0.3) is 0 Å². The average molecular weight is 246 g/mol. The summed E-state index contributed by atoms with van der Waals surface area (Å²) in [6.07, 6.45) is 0.459. The molecule has 0 spiro atoms. The van der Waals surface area contributed by atoms with E-state index in [1.165, 1.54) is 0 Å². The van der Waals surface area contributed by atoms with Crippen molar-refractivity contribution in [3.05, 3.63) is 0 Å². The quantitative estimate of drug-likeness (QED) is 0.470. The molecule has 0 rings (SSSR count). The maximum atomic E-state index is 11.6. The minimum absolute atomic E-state index is 0.00646. The predicted octanol–water partition coefficient (Wildman–Crippen LogP) is -0.298. The molecule has 0 aromatic rings. The van der Waals surface area contributed by atoms with Crippen LogP contribution in [0.5, 0.6) is 0 Å². The van der Waals surface area contributed by atoms with Crippen molar-refractivity contribution < 1.29 is 19.8 Å². The molecule has 0 radical (unpaired) electrons. The van der Waals surface area contributed by atoms with Gasteiger partial charge < -0.3 is 21.3 Å². The summed E-state index contributed by atoms with van der Waals surface area (Å²) in [6, 6.07) is -0.950. The first-order valence-electron chi connectivity index (χ1n) is 5.77. The molecule has 2 atom stereocenters. The first-order valence-corrected chi connectivity index (χ1v) is 5.77. The Bertz CT molecular complexity index is 256. The minimum atomic E-state index is -0.969. The van der Waals surface area contributed by atoms with E-state index in [4.69, 9.17) is 15.9 Å². The van der Waals surface area contributed by atoms with Gasteiger partial charge in [0.2, 0.25) is 5.91 Å². The highest BCUT2D eigenvalue weighted by Crippen LogP contribution is 2.06. The zero-order valence-corrected chi connectivity index (χ0v) is 10.3. The van der Waals surface area contributed by atoms with Crippen molar-refractivity contribution in [1.29, 1.82) is 0 Å². The number of carbonyl (C=O) groups is 2. The van der Waals surface area contributed by atoms with Crippen molar-refractivity contribution in [3.8, 4) is 0 Å². The fraction of sp³-hybridized carbons (Fsp3) is 0.818. The monoisotopic (exact) mass is 246 g/mol. The van der Waals surface area contributed by atoms with Gasteiger partial charge in [-0.2, -0.15) is 0 Å². The van der Waals surface area contributed by atoms with Crippen molar-refractivity contribution in [2.24, 2.45) is 11.7 Å². The molecule has 0 bridgehead atoms. The zero-order valence-electron chi connectivity index (χ0n) is 10.3. The molecule has 0 aliphatic carbocycles. The van der Waals surface area contributed by atoms with Gasteiger partial charge in [0.1, 0.15) is 0 Å². The van der Waals surface area contributed by atoms with E-state index >= 15 is 0 Å². The number of hydrogen-bond donors (Lipinski definition) is 4. The number of aliphatic hydroxyl groups is 1. The fourth-order valence-corrected chi connectivity index (χ4v) is 1.41.